The maximum absolute atomic E-state index is 12.1. The van der Waals surface area contributed by atoms with Gasteiger partial charge in [0.15, 0.2) is 0 Å². The highest BCUT2D eigenvalue weighted by Gasteiger charge is 2.60. The summed E-state index contributed by atoms with van der Waals surface area (Å²) in [5.74, 6) is 0. The van der Waals surface area contributed by atoms with Crippen LogP contribution in [0.1, 0.15) is 32.8 Å². The number of amides is 1. The van der Waals surface area contributed by atoms with E-state index in [0.29, 0.717) is 13.1 Å². The molecule has 2 aliphatic heterocycles. The molecule has 0 unspecified atom stereocenters. The third kappa shape index (κ3) is 2.38. The highest BCUT2D eigenvalue weighted by molar-refractivity contribution is 5.68. The first-order valence-corrected chi connectivity index (χ1v) is 6.97. The molecular formula is C15H20N2O3. The van der Waals surface area contributed by atoms with Crippen LogP contribution in [0.3, 0.4) is 0 Å². The molecule has 0 radical (unpaired) electrons. The largest absolute Gasteiger partial charge is 0.444 e. The van der Waals surface area contributed by atoms with E-state index in [2.05, 4.69) is 4.98 Å². The monoisotopic (exact) mass is 276 g/mol. The molecule has 0 saturated carbocycles. The van der Waals surface area contributed by atoms with Gasteiger partial charge in [0.1, 0.15) is 17.3 Å². The van der Waals surface area contributed by atoms with Crippen molar-refractivity contribution in [3.05, 3.63) is 30.1 Å². The van der Waals surface area contributed by atoms with Crippen molar-refractivity contribution in [2.24, 2.45) is 0 Å². The van der Waals surface area contributed by atoms with Crippen LogP contribution in [-0.2, 0) is 15.1 Å². The molecule has 2 saturated heterocycles. The zero-order chi connectivity index (χ0) is 14.4. The Morgan fingerprint density at radius 1 is 1.45 bits per heavy atom. The van der Waals surface area contributed by atoms with Crippen molar-refractivity contribution in [2.75, 3.05) is 13.1 Å². The molecule has 2 aliphatic rings. The number of ether oxygens (including phenoxy) is 2. The van der Waals surface area contributed by atoms with Gasteiger partial charge in [0.2, 0.25) is 0 Å². The van der Waals surface area contributed by atoms with Crippen LogP contribution in [0.15, 0.2) is 24.5 Å². The van der Waals surface area contributed by atoms with Crippen molar-refractivity contribution in [2.45, 2.75) is 44.5 Å². The number of aromatic nitrogens is 1. The third-order valence-corrected chi connectivity index (χ3v) is 3.78. The van der Waals surface area contributed by atoms with E-state index in [1.807, 2.05) is 32.9 Å². The topological polar surface area (TPSA) is 55.0 Å². The number of carbonyl (C=O) groups is 1. The van der Waals surface area contributed by atoms with Gasteiger partial charge in [-0.15, -0.1) is 0 Å². The van der Waals surface area contributed by atoms with Gasteiger partial charge in [-0.1, -0.05) is 0 Å². The molecule has 0 N–H and O–H groups in total. The Balaban J connectivity index is 1.65. The predicted molar refractivity (Wildman–Crippen MR) is 73.2 cm³/mol. The standard InChI is InChI=1S/C15H20N2O3/c1-14(2,3)20-13(18)17-9-6-15(12(10-17)19-15)11-4-7-16-8-5-11/h4-5,7-8,12H,6,9-10H2,1-3H3/t12-,15+/m1/s1. The van der Waals surface area contributed by atoms with E-state index in [-0.39, 0.29) is 17.8 Å². The first-order chi connectivity index (χ1) is 9.41. The minimum atomic E-state index is -0.457. The molecule has 5 heteroatoms. The molecule has 1 amide bonds. The molecule has 3 rings (SSSR count). The molecular weight excluding hydrogens is 256 g/mol. The highest BCUT2D eigenvalue weighted by Crippen LogP contribution is 2.51. The highest BCUT2D eigenvalue weighted by atomic mass is 16.6. The summed E-state index contributed by atoms with van der Waals surface area (Å²) in [6, 6.07) is 3.98. The predicted octanol–water partition coefficient (Wildman–Crippen LogP) is 2.32. The van der Waals surface area contributed by atoms with Gasteiger partial charge in [-0.2, -0.15) is 0 Å². The van der Waals surface area contributed by atoms with E-state index in [4.69, 9.17) is 9.47 Å². The minimum Gasteiger partial charge on any atom is -0.444 e. The SMILES string of the molecule is CC(C)(C)OC(=O)N1CC[C@@]2(c3ccncc3)O[C@@H]2C1. The number of piperidine rings is 1. The molecule has 0 aliphatic carbocycles. The molecule has 2 fully saturated rings. The Labute approximate surface area is 118 Å². The number of epoxide rings is 1. The van der Waals surface area contributed by atoms with Gasteiger partial charge >= 0.3 is 6.09 Å². The fourth-order valence-electron chi connectivity index (χ4n) is 2.74. The summed E-state index contributed by atoms with van der Waals surface area (Å²) in [6.45, 7) is 6.89. The normalized spacial score (nSPS) is 28.8. The summed E-state index contributed by atoms with van der Waals surface area (Å²) in [5, 5.41) is 0. The maximum atomic E-state index is 12.1. The van der Waals surface area contributed by atoms with Crippen molar-refractivity contribution in [3.63, 3.8) is 0 Å². The summed E-state index contributed by atoms with van der Waals surface area (Å²) in [6.07, 6.45) is 4.19. The van der Waals surface area contributed by atoms with Crippen molar-refractivity contribution >= 4 is 6.09 Å². The summed E-state index contributed by atoms with van der Waals surface area (Å²) in [7, 11) is 0. The lowest BCUT2D eigenvalue weighted by Gasteiger charge is -2.31. The van der Waals surface area contributed by atoms with E-state index in [1.54, 1.807) is 17.3 Å². The molecule has 0 bridgehead atoms. The second kappa shape index (κ2) is 4.45. The number of carbonyl (C=O) groups excluding carboxylic acids is 1. The van der Waals surface area contributed by atoms with Crippen LogP contribution in [0.25, 0.3) is 0 Å². The lowest BCUT2D eigenvalue weighted by atomic mass is 9.90. The van der Waals surface area contributed by atoms with E-state index in [0.717, 1.165) is 12.0 Å². The second-order valence-electron chi connectivity index (χ2n) is 6.41. The smallest absolute Gasteiger partial charge is 0.410 e. The van der Waals surface area contributed by atoms with Crippen molar-refractivity contribution in [1.82, 2.24) is 9.88 Å². The molecule has 1 aromatic heterocycles. The van der Waals surface area contributed by atoms with E-state index in [9.17, 15) is 4.79 Å². The van der Waals surface area contributed by atoms with Crippen LogP contribution in [0.4, 0.5) is 4.79 Å². The number of rotatable bonds is 1. The average molecular weight is 276 g/mol. The quantitative estimate of drug-likeness (QED) is 0.739. The van der Waals surface area contributed by atoms with Crippen molar-refractivity contribution in [3.8, 4) is 0 Å². The fourth-order valence-corrected chi connectivity index (χ4v) is 2.74. The number of likely N-dealkylation sites (tertiary alicyclic amines) is 1. The number of fused-ring (bicyclic) bond motifs is 1. The lowest BCUT2D eigenvalue weighted by molar-refractivity contribution is 0.0217. The van der Waals surface area contributed by atoms with Gasteiger partial charge in [-0.05, 0) is 38.5 Å². The van der Waals surface area contributed by atoms with Crippen LogP contribution in [0.2, 0.25) is 0 Å². The Kier molecular flexibility index (Phi) is 2.97. The van der Waals surface area contributed by atoms with Crippen molar-refractivity contribution in [1.29, 1.82) is 0 Å². The van der Waals surface area contributed by atoms with Crippen molar-refractivity contribution < 1.29 is 14.3 Å². The Hall–Kier alpha value is -1.62. The molecule has 5 nitrogen and oxygen atoms in total. The van der Waals surface area contributed by atoms with E-state index < -0.39 is 5.60 Å². The van der Waals surface area contributed by atoms with Gasteiger partial charge in [0.05, 0.1) is 6.54 Å². The summed E-state index contributed by atoms with van der Waals surface area (Å²) < 4.78 is 11.3. The maximum Gasteiger partial charge on any atom is 0.410 e. The fraction of sp³-hybridized carbons (Fsp3) is 0.600. The number of nitrogens with zero attached hydrogens (tertiary/aromatic N) is 2. The Morgan fingerprint density at radius 2 is 2.15 bits per heavy atom. The minimum absolute atomic E-state index is 0.0752. The lowest BCUT2D eigenvalue weighted by Crippen LogP contribution is -2.44. The molecule has 0 spiro atoms. The molecule has 20 heavy (non-hydrogen) atoms. The van der Waals surface area contributed by atoms with E-state index in [1.165, 1.54) is 0 Å². The summed E-state index contributed by atoms with van der Waals surface area (Å²) >= 11 is 0. The molecule has 0 aromatic carbocycles. The molecule has 1 aromatic rings. The van der Waals surface area contributed by atoms with Crippen LogP contribution in [-0.4, -0.2) is 40.8 Å². The van der Waals surface area contributed by atoms with Crippen LogP contribution in [0, 0.1) is 0 Å². The van der Waals surface area contributed by atoms with Gasteiger partial charge in [-0.3, -0.25) is 4.98 Å². The molecule has 3 heterocycles. The van der Waals surface area contributed by atoms with Gasteiger partial charge in [0, 0.05) is 25.4 Å². The molecule has 2 atom stereocenters. The average Bonchev–Trinajstić information content (AvgIpc) is 3.12. The number of hydrogen-bond donors (Lipinski definition) is 0. The zero-order valence-electron chi connectivity index (χ0n) is 12.1. The van der Waals surface area contributed by atoms with E-state index >= 15 is 0 Å². The zero-order valence-corrected chi connectivity index (χ0v) is 12.1. The summed E-state index contributed by atoms with van der Waals surface area (Å²) in [5.41, 5.74) is 0.490. The summed E-state index contributed by atoms with van der Waals surface area (Å²) in [4.78, 5) is 17.8. The van der Waals surface area contributed by atoms with Gasteiger partial charge in [-0.25, -0.2) is 4.79 Å². The van der Waals surface area contributed by atoms with Gasteiger partial charge in [0.25, 0.3) is 0 Å². The number of pyridine rings is 1. The third-order valence-electron chi connectivity index (χ3n) is 3.78. The van der Waals surface area contributed by atoms with Crippen LogP contribution in [0.5, 0.6) is 0 Å². The van der Waals surface area contributed by atoms with Crippen LogP contribution >= 0.6 is 0 Å². The number of hydrogen-bond acceptors (Lipinski definition) is 4. The first kappa shape index (κ1) is 13.4. The second-order valence-corrected chi connectivity index (χ2v) is 6.41. The first-order valence-electron chi connectivity index (χ1n) is 6.97. The molecule has 108 valence electrons. The van der Waals surface area contributed by atoms with Crippen LogP contribution < -0.4 is 0 Å². The van der Waals surface area contributed by atoms with Gasteiger partial charge < -0.3 is 14.4 Å². The Morgan fingerprint density at radius 3 is 2.75 bits per heavy atom. The Bertz CT molecular complexity index is 512.